The smallest absolute Gasteiger partial charge is 0.106 e. The van der Waals surface area contributed by atoms with Crippen LogP contribution in [-0.2, 0) is 4.74 Å². The average molecular weight is 332 g/mol. The van der Waals surface area contributed by atoms with Crippen LogP contribution in [0.1, 0.15) is 50.0 Å². The molecule has 0 spiro atoms. The summed E-state index contributed by atoms with van der Waals surface area (Å²) < 4.78 is 7.25. The van der Waals surface area contributed by atoms with Crippen molar-refractivity contribution in [3.8, 4) is 0 Å². The van der Waals surface area contributed by atoms with E-state index in [2.05, 4.69) is 28.1 Å². The van der Waals surface area contributed by atoms with E-state index in [9.17, 15) is 0 Å². The van der Waals surface area contributed by atoms with E-state index in [1.165, 1.54) is 37.0 Å². The maximum absolute atomic E-state index is 6.11. The second-order valence-corrected chi connectivity index (χ2v) is 7.75. The molecule has 4 heteroatoms. The van der Waals surface area contributed by atoms with E-state index in [0.29, 0.717) is 0 Å². The lowest BCUT2D eigenvalue weighted by Crippen LogP contribution is -2.28. The van der Waals surface area contributed by atoms with Gasteiger partial charge in [-0.2, -0.15) is 0 Å². The molecule has 18 heavy (non-hydrogen) atoms. The summed E-state index contributed by atoms with van der Waals surface area (Å²) in [5.41, 5.74) is 6.06. The molecule has 1 aliphatic carbocycles. The van der Waals surface area contributed by atoms with Crippen molar-refractivity contribution in [2.24, 2.45) is 11.7 Å². The maximum Gasteiger partial charge on any atom is 0.106 e. The quantitative estimate of drug-likeness (QED) is 0.862. The van der Waals surface area contributed by atoms with Crippen LogP contribution in [0.2, 0.25) is 0 Å². The number of hydrogen-bond donors (Lipinski definition) is 1. The Morgan fingerprint density at radius 2 is 2.11 bits per heavy atom. The fraction of sp³-hybridized carbons (Fsp3) is 0.714. The van der Waals surface area contributed by atoms with Gasteiger partial charge in [-0.15, -0.1) is 11.3 Å². The van der Waals surface area contributed by atoms with Crippen molar-refractivity contribution in [1.82, 2.24) is 0 Å². The van der Waals surface area contributed by atoms with Gasteiger partial charge in [0.15, 0.2) is 0 Å². The van der Waals surface area contributed by atoms with Crippen molar-refractivity contribution in [1.29, 1.82) is 0 Å². The molecule has 0 aromatic carbocycles. The van der Waals surface area contributed by atoms with E-state index in [4.69, 9.17) is 10.5 Å². The molecule has 2 N–H and O–H groups in total. The highest BCUT2D eigenvalue weighted by Crippen LogP contribution is 2.32. The van der Waals surface area contributed by atoms with Crippen molar-refractivity contribution >= 4 is 27.3 Å². The third-order valence-corrected chi connectivity index (χ3v) is 5.27. The maximum atomic E-state index is 6.11. The highest BCUT2D eigenvalue weighted by atomic mass is 79.9. The SMILES string of the molecule is CC(N)C(OCC1CCCCC1)c1ccc(Br)s1. The topological polar surface area (TPSA) is 35.2 Å². The molecule has 1 aliphatic rings. The molecule has 1 fully saturated rings. The molecular formula is C14H22BrNOS. The Bertz CT molecular complexity index is 360. The minimum Gasteiger partial charge on any atom is -0.371 e. The van der Waals surface area contributed by atoms with Gasteiger partial charge in [-0.25, -0.2) is 0 Å². The normalized spacial score (nSPS) is 20.8. The lowest BCUT2D eigenvalue weighted by molar-refractivity contribution is 0.0102. The Kier molecular flexibility index (Phi) is 5.67. The molecule has 1 saturated carbocycles. The molecular weight excluding hydrogens is 310 g/mol. The molecule has 1 heterocycles. The van der Waals surface area contributed by atoms with Crippen LogP contribution in [0, 0.1) is 5.92 Å². The van der Waals surface area contributed by atoms with Crippen molar-refractivity contribution in [2.45, 2.75) is 51.2 Å². The summed E-state index contributed by atoms with van der Waals surface area (Å²) in [6.45, 7) is 2.89. The highest BCUT2D eigenvalue weighted by Gasteiger charge is 2.21. The minimum atomic E-state index is 0.0409. The summed E-state index contributed by atoms with van der Waals surface area (Å²) in [7, 11) is 0. The Hall–Kier alpha value is 0.1000. The summed E-state index contributed by atoms with van der Waals surface area (Å²) in [6.07, 6.45) is 6.80. The second-order valence-electron chi connectivity index (χ2n) is 5.26. The summed E-state index contributed by atoms with van der Waals surface area (Å²) in [5, 5.41) is 0. The molecule has 1 aromatic rings. The summed E-state index contributed by atoms with van der Waals surface area (Å²) in [4.78, 5) is 1.23. The van der Waals surface area contributed by atoms with E-state index in [1.54, 1.807) is 11.3 Å². The van der Waals surface area contributed by atoms with Gasteiger partial charge < -0.3 is 10.5 Å². The van der Waals surface area contributed by atoms with Gasteiger partial charge in [0, 0.05) is 10.9 Å². The lowest BCUT2D eigenvalue weighted by atomic mass is 9.90. The van der Waals surface area contributed by atoms with Crippen molar-refractivity contribution < 1.29 is 4.74 Å². The zero-order chi connectivity index (χ0) is 13.0. The van der Waals surface area contributed by atoms with Crippen molar-refractivity contribution in [3.05, 3.63) is 20.8 Å². The highest BCUT2D eigenvalue weighted by molar-refractivity contribution is 9.11. The van der Waals surface area contributed by atoms with Gasteiger partial charge in [0.05, 0.1) is 10.4 Å². The first kappa shape index (κ1) is 14.5. The van der Waals surface area contributed by atoms with Gasteiger partial charge in [0.2, 0.25) is 0 Å². The van der Waals surface area contributed by atoms with E-state index in [0.717, 1.165) is 16.3 Å². The molecule has 0 aliphatic heterocycles. The molecule has 0 amide bonds. The molecule has 0 bridgehead atoms. The Morgan fingerprint density at radius 1 is 1.39 bits per heavy atom. The first-order valence-electron chi connectivity index (χ1n) is 6.79. The third-order valence-electron chi connectivity index (χ3n) is 3.59. The number of hydrogen-bond acceptors (Lipinski definition) is 3. The standard InChI is InChI=1S/C14H22BrNOS/c1-10(16)14(12-7-8-13(15)18-12)17-9-11-5-3-2-4-6-11/h7-8,10-11,14H,2-6,9,16H2,1H3. The van der Waals surface area contributed by atoms with Crippen LogP contribution < -0.4 is 5.73 Å². The van der Waals surface area contributed by atoms with E-state index in [1.807, 2.05) is 6.92 Å². The number of halogens is 1. The molecule has 102 valence electrons. The van der Waals surface area contributed by atoms with Crippen molar-refractivity contribution in [3.63, 3.8) is 0 Å². The number of thiophene rings is 1. The predicted molar refractivity (Wildman–Crippen MR) is 80.9 cm³/mol. The summed E-state index contributed by atoms with van der Waals surface area (Å²) in [6, 6.07) is 4.22. The van der Waals surface area contributed by atoms with Crippen LogP contribution in [-0.4, -0.2) is 12.6 Å². The molecule has 2 rings (SSSR count). The first-order chi connectivity index (χ1) is 8.66. The van der Waals surface area contributed by atoms with Crippen LogP contribution >= 0.6 is 27.3 Å². The fourth-order valence-corrected chi connectivity index (χ4v) is 4.16. The molecule has 0 saturated heterocycles. The molecule has 1 aromatic heterocycles. The van der Waals surface area contributed by atoms with Crippen LogP contribution in [0.25, 0.3) is 0 Å². The molecule has 0 radical (unpaired) electrons. The molecule has 2 nitrogen and oxygen atoms in total. The largest absolute Gasteiger partial charge is 0.371 e. The summed E-state index contributed by atoms with van der Waals surface area (Å²) in [5.74, 6) is 0.739. The van der Waals surface area contributed by atoms with Crippen LogP contribution in [0.3, 0.4) is 0 Å². The zero-order valence-electron chi connectivity index (χ0n) is 10.9. The van der Waals surface area contributed by atoms with E-state index < -0.39 is 0 Å². The minimum absolute atomic E-state index is 0.0409. The third kappa shape index (κ3) is 4.05. The Labute approximate surface area is 122 Å². The number of rotatable bonds is 5. The van der Waals surface area contributed by atoms with Gasteiger partial charge in [0.1, 0.15) is 6.10 Å². The monoisotopic (exact) mass is 331 g/mol. The zero-order valence-corrected chi connectivity index (χ0v) is 13.3. The van der Waals surface area contributed by atoms with E-state index in [-0.39, 0.29) is 12.1 Å². The van der Waals surface area contributed by atoms with Gasteiger partial charge in [0.25, 0.3) is 0 Å². The number of nitrogens with two attached hydrogens (primary N) is 1. The fourth-order valence-electron chi connectivity index (χ4n) is 2.57. The average Bonchev–Trinajstić information content (AvgIpc) is 2.77. The number of ether oxygens (including phenoxy) is 1. The second kappa shape index (κ2) is 7.04. The van der Waals surface area contributed by atoms with Gasteiger partial charge in [-0.3, -0.25) is 0 Å². The summed E-state index contributed by atoms with van der Waals surface area (Å²) >= 11 is 5.22. The van der Waals surface area contributed by atoms with Crippen LogP contribution in [0.5, 0.6) is 0 Å². The first-order valence-corrected chi connectivity index (χ1v) is 8.40. The molecule has 2 unspecified atom stereocenters. The van der Waals surface area contributed by atoms with Crippen LogP contribution in [0.15, 0.2) is 15.9 Å². The van der Waals surface area contributed by atoms with Gasteiger partial charge in [-0.1, -0.05) is 19.3 Å². The lowest BCUT2D eigenvalue weighted by Gasteiger charge is -2.26. The molecule has 2 atom stereocenters. The van der Waals surface area contributed by atoms with Crippen molar-refractivity contribution in [2.75, 3.05) is 6.61 Å². The Balaban J connectivity index is 1.90. The predicted octanol–water partition coefficient (Wildman–Crippen LogP) is 4.50. The van der Waals surface area contributed by atoms with Gasteiger partial charge >= 0.3 is 0 Å². The Morgan fingerprint density at radius 3 is 2.67 bits per heavy atom. The van der Waals surface area contributed by atoms with Gasteiger partial charge in [-0.05, 0) is 53.7 Å². The van der Waals surface area contributed by atoms with Crippen LogP contribution in [0.4, 0.5) is 0 Å². The van der Waals surface area contributed by atoms with E-state index >= 15 is 0 Å².